The maximum atomic E-state index is 14.4. The highest BCUT2D eigenvalue weighted by Gasteiger charge is 2.40. The molecule has 0 bridgehead atoms. The maximum Gasteiger partial charge on any atom is 0.435 e. The summed E-state index contributed by atoms with van der Waals surface area (Å²) < 4.78 is 144. The predicted molar refractivity (Wildman–Crippen MR) is 242 cm³/mol. The van der Waals surface area contributed by atoms with Crippen LogP contribution < -0.4 is 26.0 Å². The van der Waals surface area contributed by atoms with Gasteiger partial charge in [-0.15, -0.1) is 0 Å². The number of carbonyl (C=O) groups is 2. The van der Waals surface area contributed by atoms with Crippen molar-refractivity contribution < 1.29 is 63.3 Å². The second kappa shape index (κ2) is 21.2. The number of halogens is 10. The molecule has 0 spiro atoms. The van der Waals surface area contributed by atoms with Gasteiger partial charge in [-0.2, -0.15) is 56.7 Å². The quantitative estimate of drug-likeness (QED) is 0.0412. The summed E-state index contributed by atoms with van der Waals surface area (Å²) in [5, 5.41) is 38.3. The fraction of sp³-hybridized carbons (Fsp3) is 0.111. The number of hydrogen-bond acceptors (Lipinski definition) is 10. The van der Waals surface area contributed by atoms with Crippen LogP contribution in [0.15, 0.2) is 119 Å². The number of ether oxygens (including phenoxy) is 1. The van der Waals surface area contributed by atoms with E-state index in [1.54, 1.807) is 0 Å². The number of carbonyl (C=O) groups excluding carboxylic acids is 2. The van der Waals surface area contributed by atoms with Crippen LogP contribution in [0.1, 0.15) is 32.1 Å². The summed E-state index contributed by atoms with van der Waals surface area (Å²) in [4.78, 5) is 33.6. The highest BCUT2D eigenvalue weighted by Crippen LogP contribution is 2.33. The first-order valence-corrected chi connectivity index (χ1v) is 20.5. The fourth-order valence-corrected chi connectivity index (χ4v) is 6.44. The number of H-pyrrole nitrogens is 2. The van der Waals surface area contributed by atoms with Gasteiger partial charge in [0.1, 0.15) is 34.8 Å². The number of nitrogens with one attached hydrogen (secondary N) is 6. The van der Waals surface area contributed by atoms with Crippen LogP contribution in [0.3, 0.4) is 0 Å². The molecule has 0 fully saturated rings. The topological polar surface area (TPSA) is 229 Å². The Morgan fingerprint density at radius 2 is 1.03 bits per heavy atom. The molecular weight excluding hydrogens is 991 g/mol. The number of benzene rings is 4. The molecule has 0 saturated carbocycles. The molecule has 2 amide bonds. The average molecular weight is 1020 g/mol. The van der Waals surface area contributed by atoms with Crippen molar-refractivity contribution in [2.75, 3.05) is 17.7 Å². The van der Waals surface area contributed by atoms with E-state index in [0.29, 0.717) is 5.75 Å². The number of alkyl halides is 6. The van der Waals surface area contributed by atoms with Gasteiger partial charge in [0, 0.05) is 61.9 Å². The first-order chi connectivity index (χ1) is 34.6. The minimum atomic E-state index is -4.91. The second-order valence-corrected chi connectivity index (χ2v) is 15.0. The molecule has 4 aromatic heterocycles. The van der Waals surface area contributed by atoms with E-state index in [9.17, 15) is 58.6 Å². The van der Waals surface area contributed by atoms with Gasteiger partial charge < -0.3 is 20.5 Å². The van der Waals surface area contributed by atoms with Crippen LogP contribution in [0.4, 0.5) is 66.9 Å². The van der Waals surface area contributed by atoms with Crippen molar-refractivity contribution in [2.45, 2.75) is 12.4 Å². The number of guanidine groups is 2. The van der Waals surface area contributed by atoms with E-state index in [4.69, 9.17) is 4.74 Å². The minimum Gasteiger partial charge on any atom is -0.508 e. The molecule has 4 aromatic carbocycles. The molecule has 4 heterocycles. The number of amides is 2. The molecular formula is C45H34F10N14O4. The molecule has 8 aromatic rings. The van der Waals surface area contributed by atoms with Gasteiger partial charge in [-0.3, -0.25) is 39.8 Å². The fourth-order valence-electron chi connectivity index (χ4n) is 6.44. The Balaban J connectivity index is 0.000000214. The van der Waals surface area contributed by atoms with Gasteiger partial charge >= 0.3 is 12.4 Å². The smallest absolute Gasteiger partial charge is 0.435 e. The third-order valence-corrected chi connectivity index (χ3v) is 9.69. The van der Waals surface area contributed by atoms with E-state index >= 15 is 0 Å². The normalized spacial score (nSPS) is 12.0. The largest absolute Gasteiger partial charge is 0.508 e. The molecule has 378 valence electrons. The third-order valence-electron chi connectivity index (χ3n) is 9.69. The Bertz CT molecular complexity index is 3380. The van der Waals surface area contributed by atoms with Gasteiger partial charge in [0.05, 0.1) is 41.0 Å². The second-order valence-electron chi connectivity index (χ2n) is 15.0. The number of phenolic OH excluding ortho intramolecular Hbond substituents is 1. The van der Waals surface area contributed by atoms with Crippen LogP contribution in [0, 0.1) is 23.3 Å². The van der Waals surface area contributed by atoms with Crippen molar-refractivity contribution >= 4 is 46.7 Å². The summed E-state index contributed by atoms with van der Waals surface area (Å²) >= 11 is 0. The maximum absolute atomic E-state index is 14.4. The number of phenols is 1. The summed E-state index contributed by atoms with van der Waals surface area (Å²) in [6, 6.07) is 20.8. The summed E-state index contributed by atoms with van der Waals surface area (Å²) in [6.07, 6.45) is -8.05. The standard InChI is InChI=1S/C23H18F5N7O2.C22H16F5N7O2/c1-35-11-14(20(34-35)23(26,27)28)21(36)31-22(29-17-6-4-3-5-15(17)24)30-19-10-18(32-33-19)13-8-7-12(37-2)9-16(13)25;1-34-10-13(19(33-34)22(25,26)27)20(36)30-21(28-16-5-3-2-4-14(16)23)29-18-9-17(31-32-18)12-7-6-11(35)8-15(12)24/h3-11H,1-2H3,(H3,29,30,31,32,33,36);2-10,35H,1H3,(H3,28,29,30,31,32,36). The lowest BCUT2D eigenvalue weighted by Crippen LogP contribution is -2.36. The number of aromatic hydroxyl groups is 1. The Morgan fingerprint density at radius 3 is 1.42 bits per heavy atom. The minimum absolute atomic E-state index is 0.0413. The van der Waals surface area contributed by atoms with E-state index in [0.717, 1.165) is 46.0 Å². The van der Waals surface area contributed by atoms with Gasteiger partial charge in [0.25, 0.3) is 11.8 Å². The third kappa shape index (κ3) is 12.6. The van der Waals surface area contributed by atoms with Gasteiger partial charge in [-0.05, 0) is 48.5 Å². The number of rotatable bonds is 9. The number of aryl methyl sites for hydroxylation is 2. The van der Waals surface area contributed by atoms with Crippen LogP contribution in [0.5, 0.6) is 11.5 Å². The van der Waals surface area contributed by atoms with Crippen LogP contribution in [0.25, 0.3) is 22.5 Å². The van der Waals surface area contributed by atoms with Crippen molar-refractivity contribution in [1.29, 1.82) is 0 Å². The molecule has 0 unspecified atom stereocenters. The van der Waals surface area contributed by atoms with Gasteiger partial charge in [-0.25, -0.2) is 17.6 Å². The highest BCUT2D eigenvalue weighted by atomic mass is 19.4. The molecule has 0 aliphatic heterocycles. The van der Waals surface area contributed by atoms with E-state index < -0.39 is 81.9 Å². The molecule has 0 radical (unpaired) electrons. The van der Waals surface area contributed by atoms with E-state index in [1.807, 2.05) is 0 Å². The van der Waals surface area contributed by atoms with Crippen LogP contribution >= 0.6 is 0 Å². The number of aliphatic imine (C=N–C) groups is 2. The zero-order valence-corrected chi connectivity index (χ0v) is 37.4. The van der Waals surface area contributed by atoms with Gasteiger partial charge in [-0.1, -0.05) is 24.3 Å². The SMILES string of the molecule is COc1ccc(-c2cc(N=C(NC(=O)c3cn(C)nc3C(F)(F)F)Nc3ccccc3F)n[nH]2)c(F)c1.Cn1cc(C(=O)NC(=Nc2cc(-c3ccc(O)cc3F)[nH]n2)Nc2ccccc2F)c(C(F)(F)F)n1. The number of aromatic nitrogens is 8. The van der Waals surface area contributed by atoms with Crippen molar-refractivity contribution in [2.24, 2.45) is 24.1 Å². The first kappa shape index (κ1) is 51.4. The summed E-state index contributed by atoms with van der Waals surface area (Å²) in [7, 11) is 3.83. The number of hydrogen-bond donors (Lipinski definition) is 7. The summed E-state index contributed by atoms with van der Waals surface area (Å²) in [5.74, 6) is -6.38. The molecule has 7 N–H and O–H groups in total. The van der Waals surface area contributed by atoms with E-state index in [1.165, 1.54) is 94.0 Å². The lowest BCUT2D eigenvalue weighted by atomic mass is 10.1. The molecule has 0 saturated heterocycles. The van der Waals surface area contributed by atoms with Crippen molar-refractivity contribution in [3.05, 3.63) is 155 Å². The van der Waals surface area contributed by atoms with E-state index in [2.05, 4.69) is 61.8 Å². The Hall–Kier alpha value is -9.50. The lowest BCUT2D eigenvalue weighted by molar-refractivity contribution is -0.142. The number of nitrogens with zero attached hydrogens (tertiary/aromatic N) is 8. The zero-order chi connectivity index (χ0) is 52.8. The Kier molecular flexibility index (Phi) is 14.9. The Labute approximate surface area is 403 Å². The summed E-state index contributed by atoms with van der Waals surface area (Å²) in [6.45, 7) is 0. The molecule has 0 aliphatic rings. The van der Waals surface area contributed by atoms with Crippen LogP contribution in [-0.4, -0.2) is 75.9 Å². The zero-order valence-electron chi connectivity index (χ0n) is 37.4. The van der Waals surface area contributed by atoms with Crippen molar-refractivity contribution in [3.8, 4) is 34.0 Å². The lowest BCUT2D eigenvalue weighted by Gasteiger charge is -2.12. The highest BCUT2D eigenvalue weighted by molar-refractivity contribution is 6.12. The van der Waals surface area contributed by atoms with Gasteiger partial charge in [0.15, 0.2) is 23.0 Å². The average Bonchev–Trinajstić information content (AvgIpc) is 4.15. The number of para-hydroxylation sites is 2. The molecule has 8 rings (SSSR count). The number of aromatic amines is 2. The van der Waals surface area contributed by atoms with Crippen LogP contribution in [-0.2, 0) is 26.4 Å². The predicted octanol–water partition coefficient (Wildman–Crippen LogP) is 8.99. The number of methoxy groups -OCH3 is 1. The van der Waals surface area contributed by atoms with Crippen molar-refractivity contribution in [3.63, 3.8) is 0 Å². The van der Waals surface area contributed by atoms with E-state index in [-0.39, 0.29) is 51.3 Å². The molecule has 73 heavy (non-hydrogen) atoms. The monoisotopic (exact) mass is 1020 g/mol. The Morgan fingerprint density at radius 1 is 0.603 bits per heavy atom. The molecule has 0 aliphatic carbocycles. The van der Waals surface area contributed by atoms with Crippen LogP contribution in [0.2, 0.25) is 0 Å². The first-order valence-electron chi connectivity index (χ1n) is 20.5. The molecule has 28 heteroatoms. The van der Waals surface area contributed by atoms with Crippen molar-refractivity contribution in [1.82, 2.24) is 50.6 Å². The van der Waals surface area contributed by atoms with Gasteiger partial charge in [0.2, 0.25) is 11.9 Å². The molecule has 0 atom stereocenters. The number of anilines is 2. The summed E-state index contributed by atoms with van der Waals surface area (Å²) in [5.41, 5.74) is -4.13. The molecule has 18 nitrogen and oxygen atoms in total.